The molecule has 0 aromatic heterocycles. The average molecular weight is 239 g/mol. The van der Waals surface area contributed by atoms with E-state index < -0.39 is 11.9 Å². The molecular formula is C13H21NO3. The smallest absolute Gasteiger partial charge is 0.307 e. The van der Waals surface area contributed by atoms with Crippen LogP contribution in [0, 0.1) is 23.7 Å². The molecule has 3 atom stereocenters. The number of hydrogen-bond donors (Lipinski definition) is 1. The van der Waals surface area contributed by atoms with Crippen LogP contribution in [0.1, 0.15) is 33.1 Å². The van der Waals surface area contributed by atoms with E-state index in [-0.39, 0.29) is 11.8 Å². The molecule has 1 amide bonds. The lowest BCUT2D eigenvalue weighted by atomic mass is 9.97. The second kappa shape index (κ2) is 4.67. The molecule has 0 radical (unpaired) electrons. The third kappa shape index (κ3) is 2.79. The Morgan fingerprint density at radius 2 is 2.06 bits per heavy atom. The maximum absolute atomic E-state index is 12.0. The summed E-state index contributed by atoms with van der Waals surface area (Å²) in [6.45, 7) is 6.05. The Bertz CT molecular complexity index is 327. The largest absolute Gasteiger partial charge is 0.481 e. The van der Waals surface area contributed by atoms with Gasteiger partial charge in [0.05, 0.1) is 11.8 Å². The van der Waals surface area contributed by atoms with Crippen LogP contribution in [0.15, 0.2) is 0 Å². The number of nitrogens with zero attached hydrogens (tertiary/aromatic N) is 1. The Balaban J connectivity index is 1.81. The molecule has 1 aliphatic heterocycles. The van der Waals surface area contributed by atoms with Gasteiger partial charge in [0.1, 0.15) is 0 Å². The van der Waals surface area contributed by atoms with Crippen LogP contribution in [-0.4, -0.2) is 35.0 Å². The van der Waals surface area contributed by atoms with Gasteiger partial charge in [-0.15, -0.1) is 0 Å². The van der Waals surface area contributed by atoms with Crippen LogP contribution in [-0.2, 0) is 9.59 Å². The number of carboxylic acid groups (broad SMARTS) is 1. The van der Waals surface area contributed by atoms with E-state index in [1.54, 1.807) is 0 Å². The highest BCUT2D eigenvalue weighted by molar-refractivity contribution is 5.89. The van der Waals surface area contributed by atoms with Crippen molar-refractivity contribution in [3.05, 3.63) is 0 Å². The molecule has 1 heterocycles. The maximum Gasteiger partial charge on any atom is 0.307 e. The normalized spacial score (nSPS) is 31.9. The van der Waals surface area contributed by atoms with Gasteiger partial charge in [-0.3, -0.25) is 9.59 Å². The van der Waals surface area contributed by atoms with Crippen molar-refractivity contribution >= 4 is 11.9 Å². The van der Waals surface area contributed by atoms with E-state index >= 15 is 0 Å². The second-order valence-electron chi connectivity index (χ2n) is 5.86. The van der Waals surface area contributed by atoms with Gasteiger partial charge < -0.3 is 10.0 Å². The molecule has 3 unspecified atom stereocenters. The average Bonchev–Trinajstić information content (AvgIpc) is 2.91. The molecule has 0 bridgehead atoms. The van der Waals surface area contributed by atoms with Gasteiger partial charge in [0.15, 0.2) is 0 Å². The lowest BCUT2D eigenvalue weighted by Gasteiger charge is -2.17. The van der Waals surface area contributed by atoms with Crippen molar-refractivity contribution in [2.45, 2.75) is 33.1 Å². The van der Waals surface area contributed by atoms with Crippen LogP contribution in [0.5, 0.6) is 0 Å². The summed E-state index contributed by atoms with van der Waals surface area (Å²) >= 11 is 0. The zero-order chi connectivity index (χ0) is 12.6. The highest BCUT2D eigenvalue weighted by Gasteiger charge is 2.50. The van der Waals surface area contributed by atoms with Crippen LogP contribution in [0.25, 0.3) is 0 Å². The van der Waals surface area contributed by atoms with Gasteiger partial charge in [-0.25, -0.2) is 0 Å². The van der Waals surface area contributed by atoms with Gasteiger partial charge in [0, 0.05) is 13.1 Å². The standard InChI is InChI=1S/C13H21NO3/c1-8(2)5-9-3-4-14(7-9)12(15)10-6-11(10)13(16)17/h8-11H,3-7H2,1-2H3,(H,16,17). The first-order chi connectivity index (χ1) is 7.99. The first-order valence-electron chi connectivity index (χ1n) is 6.50. The lowest BCUT2D eigenvalue weighted by molar-refractivity contribution is -0.141. The summed E-state index contributed by atoms with van der Waals surface area (Å²) < 4.78 is 0. The molecule has 1 saturated heterocycles. The van der Waals surface area contributed by atoms with Crippen LogP contribution in [0.2, 0.25) is 0 Å². The molecule has 96 valence electrons. The number of hydrogen-bond acceptors (Lipinski definition) is 2. The minimum Gasteiger partial charge on any atom is -0.481 e. The topological polar surface area (TPSA) is 57.6 Å². The molecular weight excluding hydrogens is 218 g/mol. The van der Waals surface area contributed by atoms with Crippen molar-refractivity contribution in [2.24, 2.45) is 23.7 Å². The number of amides is 1. The Labute approximate surface area is 102 Å². The van der Waals surface area contributed by atoms with Crippen molar-refractivity contribution in [1.82, 2.24) is 4.90 Å². The third-order valence-electron chi connectivity index (χ3n) is 3.83. The first-order valence-corrected chi connectivity index (χ1v) is 6.50. The second-order valence-corrected chi connectivity index (χ2v) is 5.86. The molecule has 0 aromatic carbocycles. The van der Waals surface area contributed by atoms with Gasteiger partial charge in [-0.05, 0) is 31.1 Å². The molecule has 4 nitrogen and oxygen atoms in total. The Kier molecular flexibility index (Phi) is 3.40. The predicted octanol–water partition coefficient (Wildman–Crippen LogP) is 1.60. The number of likely N-dealkylation sites (tertiary alicyclic amines) is 1. The van der Waals surface area contributed by atoms with E-state index in [1.165, 1.54) is 0 Å². The minimum absolute atomic E-state index is 0.0728. The summed E-state index contributed by atoms with van der Waals surface area (Å²) in [6.07, 6.45) is 2.78. The number of carbonyl (C=O) groups is 2. The van der Waals surface area contributed by atoms with Gasteiger partial charge in [0.2, 0.25) is 5.91 Å². The number of carbonyl (C=O) groups excluding carboxylic acids is 1. The molecule has 0 aromatic rings. The molecule has 1 aliphatic carbocycles. The van der Waals surface area contributed by atoms with Crippen molar-refractivity contribution < 1.29 is 14.7 Å². The minimum atomic E-state index is -0.818. The molecule has 1 saturated carbocycles. The highest BCUT2D eigenvalue weighted by atomic mass is 16.4. The number of aliphatic carboxylic acids is 1. The first kappa shape index (κ1) is 12.4. The van der Waals surface area contributed by atoms with Crippen molar-refractivity contribution in [3.8, 4) is 0 Å². The summed E-state index contributed by atoms with van der Waals surface area (Å²) in [4.78, 5) is 24.6. The highest BCUT2D eigenvalue weighted by Crippen LogP contribution is 2.41. The quantitative estimate of drug-likeness (QED) is 0.810. The Morgan fingerprint density at radius 1 is 1.35 bits per heavy atom. The summed E-state index contributed by atoms with van der Waals surface area (Å²) in [5.41, 5.74) is 0. The fourth-order valence-corrected chi connectivity index (χ4v) is 2.87. The van der Waals surface area contributed by atoms with E-state index in [0.717, 1.165) is 25.9 Å². The third-order valence-corrected chi connectivity index (χ3v) is 3.83. The van der Waals surface area contributed by atoms with E-state index in [1.807, 2.05) is 4.90 Å². The molecule has 2 rings (SSSR count). The van der Waals surface area contributed by atoms with Crippen LogP contribution >= 0.6 is 0 Å². The Morgan fingerprint density at radius 3 is 2.59 bits per heavy atom. The van der Waals surface area contributed by atoms with Crippen molar-refractivity contribution in [3.63, 3.8) is 0 Å². The molecule has 2 aliphatic rings. The van der Waals surface area contributed by atoms with E-state index in [4.69, 9.17) is 5.11 Å². The Hall–Kier alpha value is -1.06. The van der Waals surface area contributed by atoms with E-state index in [2.05, 4.69) is 13.8 Å². The number of rotatable bonds is 4. The van der Waals surface area contributed by atoms with Gasteiger partial charge >= 0.3 is 5.97 Å². The van der Waals surface area contributed by atoms with Gasteiger partial charge in [0.25, 0.3) is 0 Å². The van der Waals surface area contributed by atoms with Crippen molar-refractivity contribution in [2.75, 3.05) is 13.1 Å². The molecule has 4 heteroatoms. The molecule has 17 heavy (non-hydrogen) atoms. The maximum atomic E-state index is 12.0. The summed E-state index contributed by atoms with van der Waals surface area (Å²) in [6, 6.07) is 0. The van der Waals surface area contributed by atoms with Gasteiger partial charge in [-0.1, -0.05) is 13.8 Å². The summed E-state index contributed by atoms with van der Waals surface area (Å²) in [5, 5.41) is 8.82. The summed E-state index contributed by atoms with van der Waals surface area (Å²) in [7, 11) is 0. The molecule has 0 spiro atoms. The van der Waals surface area contributed by atoms with Crippen LogP contribution in [0.4, 0.5) is 0 Å². The SMILES string of the molecule is CC(C)CC1CCN(C(=O)C2CC2C(=O)O)C1. The van der Waals surface area contributed by atoms with Crippen LogP contribution < -0.4 is 0 Å². The van der Waals surface area contributed by atoms with E-state index in [0.29, 0.717) is 18.3 Å². The predicted molar refractivity (Wildman–Crippen MR) is 63.4 cm³/mol. The number of carboxylic acids is 1. The zero-order valence-electron chi connectivity index (χ0n) is 10.6. The zero-order valence-corrected chi connectivity index (χ0v) is 10.6. The fourth-order valence-electron chi connectivity index (χ4n) is 2.87. The fraction of sp³-hybridized carbons (Fsp3) is 0.846. The van der Waals surface area contributed by atoms with Crippen LogP contribution in [0.3, 0.4) is 0 Å². The lowest BCUT2D eigenvalue weighted by Crippen LogP contribution is -2.31. The molecule has 1 N–H and O–H groups in total. The van der Waals surface area contributed by atoms with E-state index in [9.17, 15) is 9.59 Å². The summed E-state index contributed by atoms with van der Waals surface area (Å²) in [5.74, 6) is -0.106. The van der Waals surface area contributed by atoms with Crippen molar-refractivity contribution in [1.29, 1.82) is 0 Å². The van der Waals surface area contributed by atoms with Gasteiger partial charge in [-0.2, -0.15) is 0 Å². The molecule has 2 fully saturated rings. The monoisotopic (exact) mass is 239 g/mol.